The molecule has 0 unspecified atom stereocenters. The van der Waals surface area contributed by atoms with Gasteiger partial charge in [-0.3, -0.25) is 0 Å². The van der Waals surface area contributed by atoms with Crippen LogP contribution >= 0.6 is 0 Å². The number of nitrogens with zero attached hydrogens (tertiary/aromatic N) is 2. The molecule has 2 N–H and O–H groups in total. The van der Waals surface area contributed by atoms with Crippen LogP contribution in [0.1, 0.15) is 5.69 Å². The number of hydrogen-bond acceptors (Lipinski definition) is 3. The summed E-state index contributed by atoms with van der Waals surface area (Å²) in [4.78, 5) is 4.36. The van der Waals surface area contributed by atoms with Gasteiger partial charge in [-0.1, -0.05) is 12.7 Å². The van der Waals surface area contributed by atoms with E-state index in [1.807, 2.05) is 28.9 Å². The summed E-state index contributed by atoms with van der Waals surface area (Å²) in [5.74, 6) is 0.747. The van der Waals surface area contributed by atoms with Crippen molar-refractivity contribution in [1.82, 2.24) is 9.38 Å². The first-order chi connectivity index (χ1) is 7.35. The summed E-state index contributed by atoms with van der Waals surface area (Å²) in [6.07, 6.45) is 5.52. The highest BCUT2D eigenvalue weighted by atomic mass is 16.5. The average Bonchev–Trinajstić information content (AvgIpc) is 2.69. The molecule has 2 aromatic heterocycles. The SMILES string of the molecule is C=CCOc1cccn2cc(CN)nc12. The van der Waals surface area contributed by atoms with Crippen LogP contribution in [-0.4, -0.2) is 16.0 Å². The molecular weight excluding hydrogens is 190 g/mol. The minimum atomic E-state index is 0.433. The van der Waals surface area contributed by atoms with Gasteiger partial charge in [-0.15, -0.1) is 0 Å². The molecule has 0 bridgehead atoms. The minimum Gasteiger partial charge on any atom is -0.486 e. The largest absolute Gasteiger partial charge is 0.486 e. The first-order valence-corrected chi connectivity index (χ1v) is 4.75. The van der Waals surface area contributed by atoms with E-state index < -0.39 is 0 Å². The number of hydrogen-bond donors (Lipinski definition) is 1. The zero-order valence-corrected chi connectivity index (χ0v) is 8.39. The van der Waals surface area contributed by atoms with Gasteiger partial charge < -0.3 is 14.9 Å². The molecule has 0 aliphatic heterocycles. The number of nitrogens with two attached hydrogens (primary N) is 1. The summed E-state index contributed by atoms with van der Waals surface area (Å²) < 4.78 is 7.39. The van der Waals surface area contributed by atoms with Crippen LogP contribution in [0.25, 0.3) is 5.65 Å². The maximum absolute atomic E-state index is 5.53. The van der Waals surface area contributed by atoms with Gasteiger partial charge in [-0.25, -0.2) is 4.98 Å². The number of rotatable bonds is 4. The summed E-state index contributed by atoms with van der Waals surface area (Å²) in [6, 6.07) is 3.79. The third-order valence-electron chi connectivity index (χ3n) is 2.06. The monoisotopic (exact) mass is 203 g/mol. The van der Waals surface area contributed by atoms with Gasteiger partial charge in [0, 0.05) is 18.9 Å². The van der Waals surface area contributed by atoms with Crippen molar-refractivity contribution in [1.29, 1.82) is 0 Å². The molecule has 2 heterocycles. The van der Waals surface area contributed by atoms with E-state index in [0.29, 0.717) is 13.2 Å². The third-order valence-corrected chi connectivity index (χ3v) is 2.06. The van der Waals surface area contributed by atoms with E-state index in [1.165, 1.54) is 0 Å². The molecule has 0 radical (unpaired) electrons. The van der Waals surface area contributed by atoms with Gasteiger partial charge in [-0.2, -0.15) is 0 Å². The van der Waals surface area contributed by atoms with Crippen molar-refractivity contribution in [3.8, 4) is 5.75 Å². The van der Waals surface area contributed by atoms with E-state index >= 15 is 0 Å². The van der Waals surface area contributed by atoms with Crippen LogP contribution in [0.4, 0.5) is 0 Å². The van der Waals surface area contributed by atoms with Crippen LogP contribution in [0.5, 0.6) is 5.75 Å². The smallest absolute Gasteiger partial charge is 0.179 e. The zero-order valence-electron chi connectivity index (χ0n) is 8.39. The zero-order chi connectivity index (χ0) is 10.7. The predicted molar refractivity (Wildman–Crippen MR) is 58.8 cm³/mol. The minimum absolute atomic E-state index is 0.433. The average molecular weight is 203 g/mol. The summed E-state index contributed by atoms with van der Waals surface area (Å²) >= 11 is 0. The lowest BCUT2D eigenvalue weighted by molar-refractivity contribution is 0.365. The van der Waals surface area contributed by atoms with Crippen LogP contribution in [0.3, 0.4) is 0 Å². The van der Waals surface area contributed by atoms with Crippen molar-refractivity contribution < 1.29 is 4.74 Å². The Morgan fingerprint density at radius 3 is 3.20 bits per heavy atom. The van der Waals surface area contributed by atoms with Crippen molar-refractivity contribution in [3.05, 3.63) is 42.9 Å². The fourth-order valence-electron chi connectivity index (χ4n) is 1.40. The third kappa shape index (κ3) is 1.85. The second-order valence-electron chi connectivity index (χ2n) is 3.14. The molecule has 2 rings (SSSR count). The van der Waals surface area contributed by atoms with Crippen molar-refractivity contribution in [2.45, 2.75) is 6.54 Å². The van der Waals surface area contributed by atoms with Gasteiger partial charge in [0.1, 0.15) is 6.61 Å². The fourth-order valence-corrected chi connectivity index (χ4v) is 1.40. The normalized spacial score (nSPS) is 10.5. The molecule has 0 fully saturated rings. The number of imidazole rings is 1. The Bertz CT molecular complexity index is 476. The van der Waals surface area contributed by atoms with Gasteiger partial charge in [-0.05, 0) is 12.1 Å². The van der Waals surface area contributed by atoms with Crippen LogP contribution in [0.15, 0.2) is 37.2 Å². The first-order valence-electron chi connectivity index (χ1n) is 4.75. The van der Waals surface area contributed by atoms with Crippen LogP contribution < -0.4 is 10.5 Å². The highest BCUT2D eigenvalue weighted by Crippen LogP contribution is 2.18. The molecule has 0 aliphatic carbocycles. The topological polar surface area (TPSA) is 52.5 Å². The Kier molecular flexibility index (Phi) is 2.69. The summed E-state index contributed by atoms with van der Waals surface area (Å²) in [6.45, 7) is 4.51. The standard InChI is InChI=1S/C11H13N3O/c1-2-6-15-10-4-3-5-14-8-9(7-12)13-11(10)14/h2-5,8H,1,6-7,12H2. The predicted octanol–water partition coefficient (Wildman–Crippen LogP) is 1.36. The van der Waals surface area contributed by atoms with Gasteiger partial charge in [0.25, 0.3) is 0 Å². The molecule has 78 valence electrons. The van der Waals surface area contributed by atoms with Gasteiger partial charge in [0.15, 0.2) is 11.4 Å². The molecule has 0 aromatic carbocycles. The van der Waals surface area contributed by atoms with Gasteiger partial charge in [0.2, 0.25) is 0 Å². The first kappa shape index (κ1) is 9.73. The van der Waals surface area contributed by atoms with E-state index in [-0.39, 0.29) is 0 Å². The van der Waals surface area contributed by atoms with E-state index in [9.17, 15) is 0 Å². The Morgan fingerprint density at radius 2 is 2.47 bits per heavy atom. The lowest BCUT2D eigenvalue weighted by Crippen LogP contribution is -1.96. The number of aromatic nitrogens is 2. The Morgan fingerprint density at radius 1 is 1.60 bits per heavy atom. The number of ether oxygens (including phenoxy) is 1. The molecule has 4 heteroatoms. The lowest BCUT2D eigenvalue weighted by atomic mass is 10.4. The molecule has 15 heavy (non-hydrogen) atoms. The summed E-state index contributed by atoms with van der Waals surface area (Å²) in [7, 11) is 0. The van der Waals surface area contributed by atoms with E-state index in [1.54, 1.807) is 6.08 Å². The van der Waals surface area contributed by atoms with Gasteiger partial charge in [0.05, 0.1) is 5.69 Å². The highest BCUT2D eigenvalue weighted by Gasteiger charge is 2.05. The van der Waals surface area contributed by atoms with Crippen LogP contribution in [0, 0.1) is 0 Å². The molecule has 0 saturated carbocycles. The number of pyridine rings is 1. The highest BCUT2D eigenvalue weighted by molar-refractivity contribution is 5.54. The lowest BCUT2D eigenvalue weighted by Gasteiger charge is -2.03. The second-order valence-corrected chi connectivity index (χ2v) is 3.14. The summed E-state index contributed by atoms with van der Waals surface area (Å²) in [5.41, 5.74) is 7.17. The molecule has 0 saturated heterocycles. The molecular formula is C11H13N3O. The molecule has 0 atom stereocenters. The van der Waals surface area contributed by atoms with Crippen molar-refractivity contribution >= 4 is 5.65 Å². The molecule has 0 aliphatic rings. The molecule has 2 aromatic rings. The molecule has 0 amide bonds. The van der Waals surface area contributed by atoms with Crippen molar-refractivity contribution in [3.63, 3.8) is 0 Å². The van der Waals surface area contributed by atoms with Crippen molar-refractivity contribution in [2.24, 2.45) is 5.73 Å². The number of fused-ring (bicyclic) bond motifs is 1. The Hall–Kier alpha value is -1.81. The molecule has 0 spiro atoms. The summed E-state index contributed by atoms with van der Waals surface area (Å²) in [5, 5.41) is 0. The molecule has 4 nitrogen and oxygen atoms in total. The van der Waals surface area contributed by atoms with E-state index in [0.717, 1.165) is 17.1 Å². The van der Waals surface area contributed by atoms with Crippen LogP contribution in [-0.2, 0) is 6.54 Å². The van der Waals surface area contributed by atoms with E-state index in [4.69, 9.17) is 10.5 Å². The quantitative estimate of drug-likeness (QED) is 0.763. The fraction of sp³-hybridized carbons (Fsp3) is 0.182. The second kappa shape index (κ2) is 4.14. The Labute approximate surface area is 88.0 Å². The maximum Gasteiger partial charge on any atom is 0.179 e. The Balaban J connectivity index is 2.44. The van der Waals surface area contributed by atoms with Gasteiger partial charge >= 0.3 is 0 Å². The van der Waals surface area contributed by atoms with E-state index in [2.05, 4.69) is 11.6 Å². The van der Waals surface area contributed by atoms with Crippen LogP contribution in [0.2, 0.25) is 0 Å². The maximum atomic E-state index is 5.53. The van der Waals surface area contributed by atoms with Crippen molar-refractivity contribution in [2.75, 3.05) is 6.61 Å².